The lowest BCUT2D eigenvalue weighted by molar-refractivity contribution is -0.141. The Balaban J connectivity index is 1.18. The third-order valence-corrected chi connectivity index (χ3v) is 8.63. The van der Waals surface area contributed by atoms with Gasteiger partial charge in [-0.1, -0.05) is 48.5 Å². The van der Waals surface area contributed by atoms with Crippen LogP contribution < -0.4 is 5.32 Å². The average molecular weight is 596 g/mol. The SMILES string of the molecule is O=C(c1ccc(-c2ccc(Cc3cccc([C@H]4OC[C@H](O)[C@H](O)[C@H]4Nc4cncc(C(F)(F)F)n4)c3)s2)cc1)C1CC1. The van der Waals surface area contributed by atoms with Gasteiger partial charge in [-0.15, -0.1) is 11.3 Å². The molecule has 42 heavy (non-hydrogen) atoms. The van der Waals surface area contributed by atoms with Crippen molar-refractivity contribution in [2.75, 3.05) is 11.9 Å². The Hall–Kier alpha value is -3.64. The maximum absolute atomic E-state index is 13.2. The van der Waals surface area contributed by atoms with Crippen molar-refractivity contribution >= 4 is 22.9 Å². The quantitative estimate of drug-likeness (QED) is 0.225. The number of ether oxygens (including phenoxy) is 1. The normalized spacial score (nSPS) is 22.6. The number of nitrogens with zero attached hydrogens (tertiary/aromatic N) is 2. The molecule has 1 aliphatic heterocycles. The third-order valence-electron chi connectivity index (χ3n) is 7.50. The zero-order valence-corrected chi connectivity index (χ0v) is 23.1. The summed E-state index contributed by atoms with van der Waals surface area (Å²) in [5.41, 5.74) is 2.31. The molecule has 0 bridgehead atoms. The second kappa shape index (κ2) is 11.6. The Morgan fingerprint density at radius 2 is 1.83 bits per heavy atom. The van der Waals surface area contributed by atoms with Crippen LogP contribution >= 0.6 is 11.3 Å². The Morgan fingerprint density at radius 1 is 1.05 bits per heavy atom. The topological polar surface area (TPSA) is 105 Å². The maximum Gasteiger partial charge on any atom is 0.434 e. The summed E-state index contributed by atoms with van der Waals surface area (Å²) in [6, 6.07) is 18.4. The molecule has 2 aromatic carbocycles. The number of Topliss-reactive ketones (excluding diaryl/α,β-unsaturated/α-hetero) is 1. The molecule has 0 spiro atoms. The Bertz CT molecular complexity index is 1570. The van der Waals surface area contributed by atoms with Gasteiger partial charge < -0.3 is 20.3 Å². The number of hydrogen-bond donors (Lipinski definition) is 3. The molecule has 0 unspecified atom stereocenters. The zero-order valence-electron chi connectivity index (χ0n) is 22.3. The molecule has 6 rings (SSSR count). The molecular formula is C31H28F3N3O4S. The first-order valence-corrected chi connectivity index (χ1v) is 14.4. The van der Waals surface area contributed by atoms with E-state index in [1.807, 2.05) is 48.5 Å². The lowest BCUT2D eigenvalue weighted by Crippen LogP contribution is -2.52. The van der Waals surface area contributed by atoms with Crippen LogP contribution in [0.2, 0.25) is 0 Å². The average Bonchev–Trinajstić information content (AvgIpc) is 3.73. The van der Waals surface area contributed by atoms with E-state index in [1.54, 1.807) is 11.3 Å². The number of aliphatic hydroxyl groups excluding tert-OH is 2. The highest BCUT2D eigenvalue weighted by Gasteiger charge is 2.40. The fourth-order valence-electron chi connectivity index (χ4n) is 5.12. The second-order valence-electron chi connectivity index (χ2n) is 10.7. The van der Waals surface area contributed by atoms with Gasteiger partial charge >= 0.3 is 6.18 Å². The molecule has 218 valence electrons. The van der Waals surface area contributed by atoms with Crippen LogP contribution in [0.3, 0.4) is 0 Å². The maximum atomic E-state index is 13.2. The predicted octanol–water partition coefficient (Wildman–Crippen LogP) is 5.68. The van der Waals surface area contributed by atoms with E-state index in [1.165, 1.54) is 0 Å². The van der Waals surface area contributed by atoms with Crippen LogP contribution in [-0.4, -0.2) is 50.8 Å². The van der Waals surface area contributed by atoms with Gasteiger partial charge in [-0.25, -0.2) is 4.98 Å². The number of thiophene rings is 1. The Morgan fingerprint density at radius 3 is 2.57 bits per heavy atom. The number of rotatable bonds is 8. The van der Waals surface area contributed by atoms with Gasteiger partial charge in [-0.05, 0) is 41.7 Å². The number of ketones is 1. The number of carbonyl (C=O) groups is 1. The van der Waals surface area contributed by atoms with E-state index in [0.29, 0.717) is 18.2 Å². The number of aromatic nitrogens is 2. The molecule has 4 aromatic rings. The molecule has 7 nitrogen and oxygen atoms in total. The van der Waals surface area contributed by atoms with Gasteiger partial charge in [0.2, 0.25) is 0 Å². The molecule has 0 amide bonds. The molecule has 1 saturated carbocycles. The minimum Gasteiger partial charge on any atom is -0.388 e. The van der Waals surface area contributed by atoms with E-state index in [4.69, 9.17) is 4.74 Å². The van der Waals surface area contributed by atoms with Crippen molar-refractivity contribution in [3.8, 4) is 10.4 Å². The first-order chi connectivity index (χ1) is 20.2. The van der Waals surface area contributed by atoms with Crippen LogP contribution in [0.25, 0.3) is 10.4 Å². The van der Waals surface area contributed by atoms with Crippen molar-refractivity contribution in [1.29, 1.82) is 0 Å². The van der Waals surface area contributed by atoms with Gasteiger partial charge in [0.25, 0.3) is 0 Å². The third kappa shape index (κ3) is 6.24. The van der Waals surface area contributed by atoms with Crippen molar-refractivity contribution in [3.05, 3.63) is 100 Å². The summed E-state index contributed by atoms with van der Waals surface area (Å²) in [5.74, 6) is 0.217. The Labute approximate surface area is 244 Å². The molecule has 11 heteroatoms. The summed E-state index contributed by atoms with van der Waals surface area (Å²) in [4.78, 5) is 21.7. The molecule has 4 atom stereocenters. The smallest absolute Gasteiger partial charge is 0.388 e. The van der Waals surface area contributed by atoms with E-state index < -0.39 is 36.2 Å². The summed E-state index contributed by atoms with van der Waals surface area (Å²) >= 11 is 1.65. The summed E-state index contributed by atoms with van der Waals surface area (Å²) in [7, 11) is 0. The molecule has 1 aliphatic carbocycles. The van der Waals surface area contributed by atoms with E-state index in [9.17, 15) is 28.2 Å². The summed E-state index contributed by atoms with van der Waals surface area (Å²) in [6.07, 6.45) is -3.67. The highest BCUT2D eigenvalue weighted by molar-refractivity contribution is 7.15. The highest BCUT2D eigenvalue weighted by atomic mass is 32.1. The van der Waals surface area contributed by atoms with Crippen LogP contribution in [0.5, 0.6) is 0 Å². The standard InChI is InChI=1S/C31H28F3N3O4S/c32-31(33,34)25-14-35-15-26(36-25)37-27-29(40)23(38)16-41-30(27)21-3-1-2-17(12-21)13-22-10-11-24(42-22)18-4-6-19(7-5-18)28(39)20-8-9-20/h1-7,10-12,14-15,20,23,27,29-30,38,40H,8-9,13,16H2,(H,36,37)/t23-,27+,29-,30+/m0/s1. The number of nitrogens with one attached hydrogen (secondary N) is 1. The van der Waals surface area contributed by atoms with E-state index in [2.05, 4.69) is 27.4 Å². The highest BCUT2D eigenvalue weighted by Crippen LogP contribution is 2.36. The van der Waals surface area contributed by atoms with Crippen molar-refractivity contribution in [3.63, 3.8) is 0 Å². The summed E-state index contributed by atoms with van der Waals surface area (Å²) < 4.78 is 45.4. The lowest BCUT2D eigenvalue weighted by Gasteiger charge is -2.39. The molecule has 3 heterocycles. The van der Waals surface area contributed by atoms with Crippen molar-refractivity contribution in [2.24, 2.45) is 5.92 Å². The van der Waals surface area contributed by atoms with Gasteiger partial charge in [0.05, 0.1) is 25.0 Å². The van der Waals surface area contributed by atoms with Crippen LogP contribution in [0.1, 0.15) is 51.0 Å². The monoisotopic (exact) mass is 595 g/mol. The number of hydrogen-bond acceptors (Lipinski definition) is 8. The van der Waals surface area contributed by atoms with Crippen molar-refractivity contribution < 1.29 is 32.9 Å². The molecule has 2 fully saturated rings. The lowest BCUT2D eigenvalue weighted by atomic mass is 9.91. The van der Waals surface area contributed by atoms with Gasteiger partial charge in [-0.2, -0.15) is 13.2 Å². The van der Waals surface area contributed by atoms with E-state index >= 15 is 0 Å². The second-order valence-corrected chi connectivity index (χ2v) is 11.8. The number of alkyl halides is 3. The van der Waals surface area contributed by atoms with Crippen LogP contribution in [0, 0.1) is 5.92 Å². The molecular weight excluding hydrogens is 567 g/mol. The summed E-state index contributed by atoms with van der Waals surface area (Å²) in [5, 5.41) is 23.8. The number of carbonyl (C=O) groups excluding carboxylic acids is 1. The molecule has 1 saturated heterocycles. The minimum atomic E-state index is -4.68. The van der Waals surface area contributed by atoms with Crippen LogP contribution in [0.15, 0.2) is 73.1 Å². The van der Waals surface area contributed by atoms with Gasteiger partial charge in [0.15, 0.2) is 11.5 Å². The molecule has 2 aromatic heterocycles. The van der Waals surface area contributed by atoms with Crippen molar-refractivity contribution in [1.82, 2.24) is 9.97 Å². The van der Waals surface area contributed by atoms with Crippen LogP contribution in [-0.2, 0) is 17.3 Å². The number of benzene rings is 2. The number of aliphatic hydroxyl groups is 2. The number of halogens is 3. The van der Waals surface area contributed by atoms with E-state index in [0.717, 1.165) is 45.5 Å². The summed E-state index contributed by atoms with van der Waals surface area (Å²) in [6.45, 7) is -0.137. The van der Waals surface area contributed by atoms with E-state index in [-0.39, 0.29) is 24.1 Å². The fraction of sp³-hybridized carbons (Fsp3) is 0.323. The predicted molar refractivity (Wildman–Crippen MR) is 151 cm³/mol. The number of anilines is 1. The molecule has 0 radical (unpaired) electrons. The Kier molecular flexibility index (Phi) is 7.84. The first kappa shape index (κ1) is 28.5. The van der Waals surface area contributed by atoms with Gasteiger partial charge in [-0.3, -0.25) is 9.78 Å². The first-order valence-electron chi connectivity index (χ1n) is 13.6. The fourth-order valence-corrected chi connectivity index (χ4v) is 6.17. The van der Waals surface area contributed by atoms with Crippen LogP contribution in [0.4, 0.5) is 19.0 Å². The van der Waals surface area contributed by atoms with Gasteiger partial charge in [0, 0.05) is 27.7 Å². The molecule has 2 aliphatic rings. The zero-order chi connectivity index (χ0) is 29.4. The largest absolute Gasteiger partial charge is 0.434 e. The molecule has 3 N–H and O–H groups in total. The van der Waals surface area contributed by atoms with Gasteiger partial charge in [0.1, 0.15) is 24.1 Å². The minimum absolute atomic E-state index is 0.137. The van der Waals surface area contributed by atoms with Crippen molar-refractivity contribution in [2.45, 2.75) is 49.8 Å².